The second-order valence-electron chi connectivity index (χ2n) is 4.47. The lowest BCUT2D eigenvalue weighted by atomic mass is 9.98. The van der Waals surface area contributed by atoms with E-state index in [1.54, 1.807) is 0 Å². The summed E-state index contributed by atoms with van der Waals surface area (Å²) in [5, 5.41) is 6.25. The van der Waals surface area contributed by atoms with E-state index in [-0.39, 0.29) is 0 Å². The Bertz CT molecular complexity index is 577. The Morgan fingerprint density at radius 1 is 0.789 bits per heavy atom. The number of hydrogen-bond donors (Lipinski definition) is 0. The average Bonchev–Trinajstić information content (AvgIpc) is 2.47. The van der Waals surface area contributed by atoms with Gasteiger partial charge in [0.05, 0.1) is 0 Å². The van der Waals surface area contributed by atoms with Gasteiger partial charge in [-0.15, -0.1) is 0 Å². The van der Waals surface area contributed by atoms with Crippen LogP contribution in [0.25, 0.3) is 12.2 Å². The first-order valence-corrected chi connectivity index (χ1v) is 6.21. The molecule has 0 N–H and O–H groups in total. The van der Waals surface area contributed by atoms with Gasteiger partial charge in [0.1, 0.15) is 0 Å². The van der Waals surface area contributed by atoms with Gasteiger partial charge in [-0.25, -0.2) is 0 Å². The number of rotatable bonds is 2. The Balaban J connectivity index is 0.000000861. The van der Waals surface area contributed by atoms with Crippen LogP contribution in [0.1, 0.15) is 27.8 Å². The minimum absolute atomic E-state index is 1.24. The summed E-state index contributed by atoms with van der Waals surface area (Å²) in [6, 6.07) is 14.8. The molecule has 19 heavy (non-hydrogen) atoms. The Labute approximate surface area is 115 Å². The number of nitrogens with zero attached hydrogens (tertiary/aromatic N) is 1. The summed E-state index contributed by atoms with van der Waals surface area (Å²) in [5.41, 5.74) is 6.67. The maximum atomic E-state index is 6.25. The van der Waals surface area contributed by atoms with Gasteiger partial charge in [0.15, 0.2) is 0 Å². The van der Waals surface area contributed by atoms with Gasteiger partial charge in [0.25, 0.3) is 0 Å². The number of aryl methyl sites for hydroxylation is 1. The molecule has 0 aliphatic carbocycles. The fourth-order valence-corrected chi connectivity index (χ4v) is 1.91. The molecule has 1 heteroatoms. The Morgan fingerprint density at radius 3 is 2.05 bits per heavy atom. The second kappa shape index (κ2) is 7.18. The fourth-order valence-electron chi connectivity index (χ4n) is 1.91. The van der Waals surface area contributed by atoms with E-state index in [0.29, 0.717) is 0 Å². The fraction of sp³-hybridized carbons (Fsp3) is 0.167. The van der Waals surface area contributed by atoms with Crippen LogP contribution in [0.3, 0.4) is 0 Å². The summed E-state index contributed by atoms with van der Waals surface area (Å²) in [6.07, 6.45) is 4.36. The molecule has 0 heterocycles. The zero-order chi connectivity index (χ0) is 14.3. The van der Waals surface area contributed by atoms with Crippen LogP contribution in [0, 0.1) is 32.6 Å². The molecule has 0 unspecified atom stereocenters. The van der Waals surface area contributed by atoms with E-state index < -0.39 is 0 Å². The molecule has 0 amide bonds. The lowest BCUT2D eigenvalue weighted by Crippen LogP contribution is -1.89. The van der Waals surface area contributed by atoms with Crippen LogP contribution >= 0.6 is 0 Å². The maximum absolute atomic E-state index is 6.25. The smallest absolute Gasteiger partial charge is 0.0224 e. The molecule has 0 atom stereocenters. The van der Waals surface area contributed by atoms with E-state index >= 15 is 0 Å². The van der Waals surface area contributed by atoms with Gasteiger partial charge in [-0.1, -0.05) is 54.6 Å². The highest BCUT2D eigenvalue weighted by Gasteiger charge is 2.00. The van der Waals surface area contributed by atoms with Crippen molar-refractivity contribution in [2.24, 2.45) is 0 Å². The van der Waals surface area contributed by atoms with Crippen LogP contribution in [0.4, 0.5) is 0 Å². The van der Waals surface area contributed by atoms with Gasteiger partial charge in [0.2, 0.25) is 0 Å². The topological polar surface area (TPSA) is 23.8 Å². The van der Waals surface area contributed by atoms with Crippen molar-refractivity contribution < 1.29 is 0 Å². The molecule has 0 aromatic heterocycles. The van der Waals surface area contributed by atoms with E-state index in [0.717, 1.165) is 0 Å². The van der Waals surface area contributed by atoms with Gasteiger partial charge < -0.3 is 11.8 Å². The molecular weight excluding hydrogens is 230 g/mol. The standard InChI is InChI=1S/C17H18.CN/c1-13-9-11-17(15(3)14(13)2)12-10-16-7-5-4-6-8-16;1-2/h4-12H,1-3H3;/q;-1. The quantitative estimate of drug-likeness (QED) is 0.549. The van der Waals surface area contributed by atoms with Crippen molar-refractivity contribution in [3.63, 3.8) is 0 Å². The highest BCUT2D eigenvalue weighted by molar-refractivity contribution is 5.71. The lowest BCUT2D eigenvalue weighted by Gasteiger charge is -2.07. The van der Waals surface area contributed by atoms with Crippen LogP contribution in [0.2, 0.25) is 0 Å². The maximum Gasteiger partial charge on any atom is -0.0224 e. The molecule has 0 aliphatic rings. The van der Waals surface area contributed by atoms with Gasteiger partial charge >= 0.3 is 0 Å². The molecule has 0 saturated carbocycles. The summed E-state index contributed by atoms with van der Waals surface area (Å²) >= 11 is 0. The van der Waals surface area contributed by atoms with Crippen molar-refractivity contribution in [2.45, 2.75) is 20.8 Å². The molecule has 0 fully saturated rings. The van der Waals surface area contributed by atoms with Crippen molar-refractivity contribution in [3.8, 4) is 0 Å². The molecule has 1 nitrogen and oxygen atoms in total. The number of hydrogen-bond acceptors (Lipinski definition) is 1. The van der Waals surface area contributed by atoms with E-state index in [9.17, 15) is 0 Å². The Kier molecular flexibility index (Phi) is 5.57. The molecule has 0 spiro atoms. The van der Waals surface area contributed by atoms with Crippen LogP contribution in [0.15, 0.2) is 42.5 Å². The highest BCUT2D eigenvalue weighted by Crippen LogP contribution is 2.19. The largest absolute Gasteiger partial charge is 0.512 e. The van der Waals surface area contributed by atoms with Crippen LogP contribution < -0.4 is 0 Å². The van der Waals surface area contributed by atoms with Crippen molar-refractivity contribution in [2.75, 3.05) is 0 Å². The molecule has 2 rings (SSSR count). The SMILES string of the molecule is Cc1ccc(C=Cc2ccccc2)c(C)c1C.[C-]#N. The molecule has 2 aromatic rings. The van der Waals surface area contributed by atoms with E-state index in [1.807, 2.05) is 6.07 Å². The average molecular weight is 248 g/mol. The molecule has 2 aromatic carbocycles. The number of benzene rings is 2. The molecular formula is C18H18N-. The molecule has 0 radical (unpaired) electrons. The Hall–Kier alpha value is -2.33. The van der Waals surface area contributed by atoms with Gasteiger partial charge in [0, 0.05) is 0 Å². The zero-order valence-electron chi connectivity index (χ0n) is 11.6. The normalized spacial score (nSPS) is 9.95. The minimum atomic E-state index is 1.24. The van der Waals surface area contributed by atoms with E-state index in [1.165, 1.54) is 27.8 Å². The minimum Gasteiger partial charge on any atom is -0.512 e. The van der Waals surface area contributed by atoms with Crippen LogP contribution in [-0.4, -0.2) is 0 Å². The zero-order valence-corrected chi connectivity index (χ0v) is 11.6. The Morgan fingerprint density at radius 2 is 1.42 bits per heavy atom. The van der Waals surface area contributed by atoms with Gasteiger partial charge in [-0.05, 0) is 48.6 Å². The molecule has 0 saturated heterocycles. The molecule has 0 aliphatic heterocycles. The predicted molar refractivity (Wildman–Crippen MR) is 81.0 cm³/mol. The summed E-state index contributed by atoms with van der Waals surface area (Å²) < 4.78 is 0. The summed E-state index contributed by atoms with van der Waals surface area (Å²) in [6.45, 7) is 11.3. The summed E-state index contributed by atoms with van der Waals surface area (Å²) in [4.78, 5) is 0. The third kappa shape index (κ3) is 3.82. The van der Waals surface area contributed by atoms with Crippen molar-refractivity contribution in [3.05, 3.63) is 76.9 Å². The molecule has 96 valence electrons. The molecule has 0 bridgehead atoms. The first kappa shape index (κ1) is 14.7. The van der Waals surface area contributed by atoms with E-state index in [4.69, 9.17) is 11.8 Å². The van der Waals surface area contributed by atoms with Crippen molar-refractivity contribution in [1.82, 2.24) is 0 Å². The first-order chi connectivity index (χ1) is 9.18. The monoisotopic (exact) mass is 248 g/mol. The van der Waals surface area contributed by atoms with Gasteiger partial charge in [-0.2, -0.15) is 0 Å². The predicted octanol–water partition coefficient (Wildman–Crippen LogP) is 4.88. The third-order valence-electron chi connectivity index (χ3n) is 3.35. The van der Waals surface area contributed by atoms with Gasteiger partial charge in [-0.3, -0.25) is 0 Å². The van der Waals surface area contributed by atoms with Crippen molar-refractivity contribution in [1.29, 1.82) is 5.26 Å². The first-order valence-electron chi connectivity index (χ1n) is 6.21. The summed E-state index contributed by atoms with van der Waals surface area (Å²) in [5.74, 6) is 0. The second-order valence-corrected chi connectivity index (χ2v) is 4.47. The lowest BCUT2D eigenvalue weighted by molar-refractivity contribution is 1.26. The van der Waals surface area contributed by atoms with Crippen LogP contribution in [-0.2, 0) is 0 Å². The van der Waals surface area contributed by atoms with Crippen molar-refractivity contribution >= 4 is 12.2 Å². The van der Waals surface area contributed by atoms with Crippen LogP contribution in [0.5, 0.6) is 0 Å². The highest BCUT2D eigenvalue weighted by atomic mass is 14.2. The third-order valence-corrected chi connectivity index (χ3v) is 3.35. The summed E-state index contributed by atoms with van der Waals surface area (Å²) in [7, 11) is 0. The van der Waals surface area contributed by atoms with E-state index in [2.05, 4.69) is 69.3 Å².